The zero-order chi connectivity index (χ0) is 27.0. The fourth-order valence-corrected chi connectivity index (χ4v) is 3.15. The van der Waals surface area contributed by atoms with Gasteiger partial charge in [0, 0.05) is 58.1 Å². The van der Waals surface area contributed by atoms with E-state index in [-0.39, 0.29) is 50.6 Å². The van der Waals surface area contributed by atoms with Crippen LogP contribution in [0.25, 0.3) is 0 Å². The van der Waals surface area contributed by atoms with E-state index in [2.05, 4.69) is 15.8 Å². The van der Waals surface area contributed by atoms with Crippen molar-refractivity contribution < 1.29 is 34.8 Å². The number of rotatable bonds is 22. The second kappa shape index (κ2) is 22.7. The first-order valence-corrected chi connectivity index (χ1v) is 12.7. The van der Waals surface area contributed by atoms with Crippen LogP contribution < -0.4 is 16.4 Å². The minimum absolute atomic E-state index is 0.00907. The summed E-state index contributed by atoms with van der Waals surface area (Å²) in [4.78, 5) is 47.3. The van der Waals surface area contributed by atoms with Gasteiger partial charge in [-0.15, -0.1) is 5.16 Å². The highest BCUT2D eigenvalue weighted by atomic mass is 16.8. The van der Waals surface area contributed by atoms with Gasteiger partial charge in [0.1, 0.15) is 0 Å². The lowest BCUT2D eigenvalue weighted by Gasteiger charge is -2.15. The van der Waals surface area contributed by atoms with Gasteiger partial charge in [-0.25, -0.2) is 10.1 Å². The molecule has 0 unspecified atom stereocenters. The molecule has 0 spiro atoms. The third-order valence-corrected chi connectivity index (χ3v) is 5.31. The van der Waals surface area contributed by atoms with E-state index in [0.29, 0.717) is 61.9 Å². The van der Waals surface area contributed by atoms with Crippen LogP contribution in [-0.2, 0) is 19.2 Å². The molecule has 0 aromatic carbocycles. The molecule has 0 aliphatic carbocycles. The molecule has 0 bridgehead atoms. The lowest BCUT2D eigenvalue weighted by Crippen LogP contribution is -2.31. The second-order valence-corrected chi connectivity index (χ2v) is 8.44. The third-order valence-electron chi connectivity index (χ3n) is 5.31. The Morgan fingerprint density at radius 2 is 1.17 bits per heavy atom. The number of unbranched alkanes of at least 4 members (excludes halogenated alkanes) is 6. The normalized spacial score (nSPS) is 10.9. The van der Waals surface area contributed by atoms with Crippen LogP contribution in [0, 0.1) is 0 Å². The van der Waals surface area contributed by atoms with Gasteiger partial charge in [0.15, 0.2) is 0 Å². The minimum Gasteiger partial charge on any atom is -0.411 e. The predicted octanol–water partition coefficient (Wildman–Crippen LogP) is 1.14. The van der Waals surface area contributed by atoms with Gasteiger partial charge in [0.2, 0.25) is 23.6 Å². The van der Waals surface area contributed by atoms with E-state index >= 15 is 0 Å². The van der Waals surface area contributed by atoms with Crippen LogP contribution >= 0.6 is 0 Å². The Bertz CT molecular complexity index is 663. The molecule has 0 saturated carbocycles. The number of amides is 4. The van der Waals surface area contributed by atoms with E-state index in [1.165, 1.54) is 6.21 Å². The van der Waals surface area contributed by atoms with Crippen molar-refractivity contribution in [3.8, 4) is 0 Å². The van der Waals surface area contributed by atoms with E-state index in [1.807, 2.05) is 0 Å². The van der Waals surface area contributed by atoms with E-state index < -0.39 is 11.8 Å². The van der Waals surface area contributed by atoms with Crippen molar-refractivity contribution in [3.05, 3.63) is 0 Å². The molecule has 0 heterocycles. The van der Waals surface area contributed by atoms with Gasteiger partial charge in [-0.2, -0.15) is 0 Å². The van der Waals surface area contributed by atoms with Gasteiger partial charge < -0.3 is 21.6 Å². The second-order valence-electron chi connectivity index (χ2n) is 8.44. The summed E-state index contributed by atoms with van der Waals surface area (Å²) in [5, 5.41) is 37.3. The largest absolute Gasteiger partial charge is 0.411 e. The van der Waals surface area contributed by atoms with Crippen molar-refractivity contribution in [3.63, 3.8) is 0 Å². The lowest BCUT2D eigenvalue weighted by atomic mass is 10.2. The Hall–Kier alpha value is -2.77. The van der Waals surface area contributed by atoms with Gasteiger partial charge in [0.05, 0.1) is 0 Å². The number of nitrogens with zero attached hydrogens (tertiary/aromatic N) is 3. The fourth-order valence-electron chi connectivity index (χ4n) is 3.15. The smallest absolute Gasteiger partial charge is 0.246 e. The van der Waals surface area contributed by atoms with Crippen molar-refractivity contribution in [1.29, 1.82) is 0 Å². The zero-order valence-electron chi connectivity index (χ0n) is 21.2. The monoisotopic (exact) mass is 522 g/mol. The summed E-state index contributed by atoms with van der Waals surface area (Å²) in [7, 11) is 0. The summed E-state index contributed by atoms with van der Waals surface area (Å²) >= 11 is 0. The van der Waals surface area contributed by atoms with Crippen molar-refractivity contribution in [2.75, 3.05) is 32.7 Å². The average molecular weight is 523 g/mol. The first kappa shape index (κ1) is 33.2. The molecule has 0 fully saturated rings. The zero-order valence-corrected chi connectivity index (χ0v) is 21.2. The van der Waals surface area contributed by atoms with Crippen LogP contribution in [0.1, 0.15) is 83.5 Å². The highest BCUT2D eigenvalue weighted by molar-refractivity contribution is 5.83. The molecule has 0 aliphatic heterocycles. The number of hydrogen-bond acceptors (Lipinski definition) is 9. The van der Waals surface area contributed by atoms with Crippen LogP contribution in [0.4, 0.5) is 0 Å². The fraction of sp³-hybridized carbons (Fsp3) is 0.783. The van der Waals surface area contributed by atoms with Gasteiger partial charge in [-0.3, -0.25) is 29.6 Å². The number of hydrogen-bond donors (Lipinski definition) is 6. The molecule has 4 amide bonds. The maximum Gasteiger partial charge on any atom is 0.246 e. The predicted molar refractivity (Wildman–Crippen MR) is 132 cm³/mol. The van der Waals surface area contributed by atoms with Crippen molar-refractivity contribution in [2.45, 2.75) is 83.5 Å². The average Bonchev–Trinajstić information content (AvgIpc) is 2.87. The number of hydroxylamine groups is 4. The van der Waals surface area contributed by atoms with E-state index in [0.717, 1.165) is 25.7 Å². The van der Waals surface area contributed by atoms with Gasteiger partial charge in [-0.05, 0) is 57.9 Å². The van der Waals surface area contributed by atoms with Crippen molar-refractivity contribution >= 4 is 29.8 Å². The van der Waals surface area contributed by atoms with E-state index in [9.17, 15) is 29.6 Å². The Morgan fingerprint density at radius 3 is 1.64 bits per heavy atom. The Kier molecular flexibility index (Phi) is 20.9. The van der Waals surface area contributed by atoms with Crippen LogP contribution in [0.5, 0.6) is 0 Å². The number of oxime groups is 1. The SMILES string of the molecule is [15NH2]CCCCC[15N](O)C(=O)CCC(=O)[15NH]CCCCC[15N](O)C(=O)CCC(=O)[15NH]CCCC/C=[15N]/O. The summed E-state index contributed by atoms with van der Waals surface area (Å²) in [5.74, 6) is -1.57. The lowest BCUT2D eigenvalue weighted by molar-refractivity contribution is -0.166. The molecular weight excluding hydrogens is 478 g/mol. The first-order chi connectivity index (χ1) is 17.3. The Balaban J connectivity index is 3.74. The quantitative estimate of drug-likeness (QED) is 0.0304. The van der Waals surface area contributed by atoms with Crippen LogP contribution in [0.3, 0.4) is 0 Å². The highest BCUT2D eigenvalue weighted by Crippen LogP contribution is 2.03. The number of carbonyl (C=O) groups is 4. The molecule has 7 N–H and O–H groups in total. The topological polar surface area (TPSA) is 198 Å². The van der Waals surface area contributed by atoms with Crippen LogP contribution in [0.15, 0.2) is 5.16 Å². The number of nitrogens with two attached hydrogens (primary N) is 1. The third kappa shape index (κ3) is 19.5. The highest BCUT2D eigenvalue weighted by Gasteiger charge is 2.14. The maximum absolute atomic E-state index is 11.9. The molecule has 13 heteroatoms. The molecule has 36 heavy (non-hydrogen) atoms. The molecule has 13 nitrogen and oxygen atoms in total. The van der Waals surface area contributed by atoms with Gasteiger partial charge in [0.25, 0.3) is 0 Å². The standard InChI is InChI=1S/C23H44N6O7/c24-14-4-1-8-18-28(35)22(32)12-11-21(31)26-16-6-3-9-19-29(36)23(33)13-10-20(30)25-15-5-2-7-17-27-34/h17,34-36H,1-16,18-19,24H2,(H,25,30)(H,26,31)/b27-17+/i24+1,25+1,26+1,27+1,28+1,29+1. The summed E-state index contributed by atoms with van der Waals surface area (Å²) < 4.78 is 0. The van der Waals surface area contributed by atoms with E-state index in [4.69, 9.17) is 10.9 Å². The molecule has 0 aliphatic rings. The molecule has 208 valence electrons. The molecule has 0 aromatic rings. The Labute approximate surface area is 213 Å². The molecule has 0 rings (SSSR count). The maximum atomic E-state index is 11.9. The summed E-state index contributed by atoms with van der Waals surface area (Å²) in [6.07, 6.45) is 7.48. The summed E-state index contributed by atoms with van der Waals surface area (Å²) in [5.41, 5.74) is 5.39. The van der Waals surface area contributed by atoms with Gasteiger partial charge >= 0.3 is 0 Å². The summed E-state index contributed by atoms with van der Waals surface area (Å²) in [6, 6.07) is 0. The van der Waals surface area contributed by atoms with Crippen LogP contribution in [0.2, 0.25) is 0 Å². The van der Waals surface area contributed by atoms with Crippen molar-refractivity contribution in [2.24, 2.45) is 10.9 Å². The minimum atomic E-state index is -0.528. The summed E-state index contributed by atoms with van der Waals surface area (Å²) in [6.45, 7) is 1.80. The molecular formula is C23H44N6O7. The number of nitrogens with one attached hydrogen (secondary N) is 2. The Morgan fingerprint density at radius 1 is 0.694 bits per heavy atom. The van der Waals surface area contributed by atoms with E-state index in [1.54, 1.807) is 0 Å². The first-order valence-electron chi connectivity index (χ1n) is 12.7. The molecule has 0 saturated heterocycles. The van der Waals surface area contributed by atoms with Crippen molar-refractivity contribution in [1.82, 2.24) is 20.8 Å². The molecule has 0 atom stereocenters. The molecule has 0 aromatic heterocycles. The molecule has 0 radical (unpaired) electrons. The number of carbonyl (C=O) groups excluding carboxylic acids is 4. The van der Waals surface area contributed by atoms with Gasteiger partial charge in [-0.1, -0.05) is 6.42 Å². The van der Waals surface area contributed by atoms with Crippen LogP contribution in [-0.4, -0.2) is 88.3 Å².